The second-order valence-electron chi connectivity index (χ2n) is 4.80. The first kappa shape index (κ1) is 12.7. The van der Waals surface area contributed by atoms with Crippen molar-refractivity contribution in [2.75, 3.05) is 6.61 Å². The van der Waals surface area contributed by atoms with E-state index in [1.807, 2.05) is 31.2 Å². The molecule has 0 fully saturated rings. The van der Waals surface area contributed by atoms with E-state index < -0.39 is 0 Å². The first-order chi connectivity index (χ1) is 9.79. The summed E-state index contributed by atoms with van der Waals surface area (Å²) in [5, 5.41) is 0. The molecule has 2 nitrogen and oxygen atoms in total. The van der Waals surface area contributed by atoms with E-state index in [0.717, 1.165) is 23.1 Å². The van der Waals surface area contributed by atoms with Crippen LogP contribution in [-0.2, 0) is 16.0 Å². The summed E-state index contributed by atoms with van der Waals surface area (Å²) < 4.78 is 5.06. The number of ether oxygens (including phenoxy) is 1. The molecule has 0 unspecified atom stereocenters. The van der Waals surface area contributed by atoms with Crippen LogP contribution in [0.1, 0.15) is 29.2 Å². The van der Waals surface area contributed by atoms with Gasteiger partial charge in [-0.15, -0.1) is 0 Å². The van der Waals surface area contributed by atoms with Crippen molar-refractivity contribution in [2.24, 2.45) is 0 Å². The molecular weight excluding hydrogens is 248 g/mol. The molecule has 1 aliphatic carbocycles. The maximum absolute atomic E-state index is 11.8. The molecule has 0 spiro atoms. The Morgan fingerprint density at radius 1 is 1.05 bits per heavy atom. The summed E-state index contributed by atoms with van der Waals surface area (Å²) in [6, 6.07) is 16.4. The van der Waals surface area contributed by atoms with Crippen LogP contribution in [0.3, 0.4) is 0 Å². The van der Waals surface area contributed by atoms with Crippen molar-refractivity contribution in [1.82, 2.24) is 0 Å². The van der Waals surface area contributed by atoms with Gasteiger partial charge in [-0.1, -0.05) is 48.5 Å². The van der Waals surface area contributed by atoms with Gasteiger partial charge in [0, 0.05) is 6.08 Å². The highest BCUT2D eigenvalue weighted by Gasteiger charge is 2.20. The minimum atomic E-state index is -0.283. The topological polar surface area (TPSA) is 26.3 Å². The summed E-state index contributed by atoms with van der Waals surface area (Å²) >= 11 is 0. The van der Waals surface area contributed by atoms with Crippen LogP contribution in [0.2, 0.25) is 0 Å². The lowest BCUT2D eigenvalue weighted by Crippen LogP contribution is -2.09. The van der Waals surface area contributed by atoms with E-state index >= 15 is 0 Å². The number of carbonyl (C=O) groups is 1. The molecule has 2 aromatic carbocycles. The predicted molar refractivity (Wildman–Crippen MR) is 79.4 cm³/mol. The Labute approximate surface area is 118 Å². The Balaban J connectivity index is 2.15. The molecule has 0 bridgehead atoms. The summed E-state index contributed by atoms with van der Waals surface area (Å²) in [5.74, 6) is -0.283. The molecule has 0 saturated carbocycles. The Hall–Kier alpha value is -2.35. The van der Waals surface area contributed by atoms with Crippen molar-refractivity contribution in [1.29, 1.82) is 0 Å². The number of benzene rings is 2. The third-order valence-electron chi connectivity index (χ3n) is 3.54. The average molecular weight is 264 g/mol. The van der Waals surface area contributed by atoms with Crippen LogP contribution < -0.4 is 0 Å². The highest BCUT2D eigenvalue weighted by Crippen LogP contribution is 2.35. The molecule has 2 heteroatoms. The predicted octanol–water partition coefficient (Wildman–Crippen LogP) is 3.59. The summed E-state index contributed by atoms with van der Waals surface area (Å²) in [5.41, 5.74) is 5.71. The SMILES string of the molecule is CCOC(=O)C=C1c2ccccc2Cc2ccccc21. The normalized spacial score (nSPS) is 12.3. The van der Waals surface area contributed by atoms with Crippen molar-refractivity contribution < 1.29 is 9.53 Å². The van der Waals surface area contributed by atoms with Gasteiger partial charge in [0.15, 0.2) is 0 Å². The fraction of sp³-hybridized carbons (Fsp3) is 0.167. The molecule has 0 aromatic heterocycles. The molecule has 20 heavy (non-hydrogen) atoms. The van der Waals surface area contributed by atoms with Gasteiger partial charge < -0.3 is 4.74 Å². The molecule has 2 aromatic rings. The quantitative estimate of drug-likeness (QED) is 0.522. The van der Waals surface area contributed by atoms with Crippen molar-refractivity contribution in [3.8, 4) is 0 Å². The minimum absolute atomic E-state index is 0.283. The van der Waals surface area contributed by atoms with Gasteiger partial charge in [0.05, 0.1) is 6.61 Å². The van der Waals surface area contributed by atoms with Crippen molar-refractivity contribution in [3.63, 3.8) is 0 Å². The maximum atomic E-state index is 11.8. The smallest absolute Gasteiger partial charge is 0.331 e. The molecule has 0 radical (unpaired) electrons. The van der Waals surface area contributed by atoms with E-state index in [9.17, 15) is 4.79 Å². The molecule has 0 amide bonds. The third kappa shape index (κ3) is 2.25. The lowest BCUT2D eigenvalue weighted by atomic mass is 9.82. The molecule has 0 aliphatic heterocycles. The molecule has 0 atom stereocenters. The molecule has 100 valence electrons. The Morgan fingerprint density at radius 2 is 1.60 bits per heavy atom. The van der Waals surface area contributed by atoms with Crippen molar-refractivity contribution >= 4 is 11.5 Å². The highest BCUT2D eigenvalue weighted by atomic mass is 16.5. The number of fused-ring (bicyclic) bond motifs is 2. The van der Waals surface area contributed by atoms with E-state index in [-0.39, 0.29) is 5.97 Å². The van der Waals surface area contributed by atoms with Gasteiger partial charge in [-0.05, 0) is 41.2 Å². The van der Waals surface area contributed by atoms with Crippen LogP contribution in [0.15, 0.2) is 54.6 Å². The zero-order valence-electron chi connectivity index (χ0n) is 11.4. The van der Waals surface area contributed by atoms with Crippen LogP contribution in [0.25, 0.3) is 5.57 Å². The van der Waals surface area contributed by atoms with Crippen molar-refractivity contribution in [2.45, 2.75) is 13.3 Å². The van der Waals surface area contributed by atoms with Gasteiger partial charge >= 0.3 is 5.97 Å². The first-order valence-electron chi connectivity index (χ1n) is 6.84. The van der Waals surface area contributed by atoms with E-state index in [0.29, 0.717) is 6.61 Å². The lowest BCUT2D eigenvalue weighted by Gasteiger charge is -2.22. The van der Waals surface area contributed by atoms with Crippen LogP contribution >= 0.6 is 0 Å². The largest absolute Gasteiger partial charge is 0.463 e. The maximum Gasteiger partial charge on any atom is 0.331 e. The number of hydrogen-bond acceptors (Lipinski definition) is 2. The van der Waals surface area contributed by atoms with Crippen LogP contribution in [0.5, 0.6) is 0 Å². The summed E-state index contributed by atoms with van der Waals surface area (Å²) in [6.07, 6.45) is 2.52. The van der Waals surface area contributed by atoms with Gasteiger partial charge in [-0.2, -0.15) is 0 Å². The molecular formula is C18H16O2. The fourth-order valence-corrected chi connectivity index (χ4v) is 2.68. The standard InChI is InChI=1S/C18H16O2/c1-2-20-18(19)12-17-15-9-5-3-7-13(15)11-14-8-4-6-10-16(14)17/h3-10,12H,2,11H2,1H3. The summed E-state index contributed by atoms with van der Waals surface area (Å²) in [7, 11) is 0. The summed E-state index contributed by atoms with van der Waals surface area (Å²) in [4.78, 5) is 11.8. The number of hydrogen-bond donors (Lipinski definition) is 0. The zero-order valence-corrected chi connectivity index (χ0v) is 11.4. The minimum Gasteiger partial charge on any atom is -0.463 e. The molecule has 0 saturated heterocycles. The van der Waals surface area contributed by atoms with Gasteiger partial charge in [-0.3, -0.25) is 0 Å². The highest BCUT2D eigenvalue weighted by molar-refractivity contribution is 5.98. The zero-order chi connectivity index (χ0) is 13.9. The van der Waals surface area contributed by atoms with E-state index in [1.54, 1.807) is 6.08 Å². The average Bonchev–Trinajstić information content (AvgIpc) is 2.47. The van der Waals surface area contributed by atoms with Crippen molar-refractivity contribution in [3.05, 3.63) is 76.9 Å². The van der Waals surface area contributed by atoms with Crippen LogP contribution in [0.4, 0.5) is 0 Å². The van der Waals surface area contributed by atoms with E-state index in [4.69, 9.17) is 4.74 Å². The monoisotopic (exact) mass is 264 g/mol. The Bertz CT molecular complexity index is 636. The number of esters is 1. The number of carbonyl (C=O) groups excluding carboxylic acids is 1. The molecule has 1 aliphatic rings. The van der Waals surface area contributed by atoms with E-state index in [1.165, 1.54) is 11.1 Å². The molecule has 0 N–H and O–H groups in total. The van der Waals surface area contributed by atoms with Crippen LogP contribution in [-0.4, -0.2) is 12.6 Å². The second-order valence-corrected chi connectivity index (χ2v) is 4.80. The molecule has 3 rings (SSSR count). The first-order valence-corrected chi connectivity index (χ1v) is 6.84. The van der Waals surface area contributed by atoms with Gasteiger partial charge in [0.25, 0.3) is 0 Å². The second kappa shape index (κ2) is 5.33. The third-order valence-corrected chi connectivity index (χ3v) is 3.54. The number of rotatable bonds is 2. The Kier molecular flexibility index (Phi) is 3.38. The van der Waals surface area contributed by atoms with Gasteiger partial charge in [0.1, 0.15) is 0 Å². The molecule has 0 heterocycles. The van der Waals surface area contributed by atoms with E-state index in [2.05, 4.69) is 24.3 Å². The fourth-order valence-electron chi connectivity index (χ4n) is 2.68. The summed E-state index contributed by atoms with van der Waals surface area (Å²) in [6.45, 7) is 2.21. The van der Waals surface area contributed by atoms with Gasteiger partial charge in [0.2, 0.25) is 0 Å². The van der Waals surface area contributed by atoms with Gasteiger partial charge in [-0.25, -0.2) is 4.79 Å². The lowest BCUT2D eigenvalue weighted by molar-refractivity contribution is -0.137. The Morgan fingerprint density at radius 3 is 2.15 bits per heavy atom. The van der Waals surface area contributed by atoms with Crippen LogP contribution in [0, 0.1) is 0 Å².